The van der Waals surface area contributed by atoms with Crippen LogP contribution in [0.4, 0.5) is 5.82 Å². The summed E-state index contributed by atoms with van der Waals surface area (Å²) in [7, 11) is 2.13. The van der Waals surface area contributed by atoms with Gasteiger partial charge in [-0.2, -0.15) is 0 Å². The number of likely N-dealkylation sites (N-methyl/N-ethyl adjacent to an activating group) is 1. The van der Waals surface area contributed by atoms with Gasteiger partial charge in [-0.15, -0.1) is 0 Å². The third kappa shape index (κ3) is 3.73. The van der Waals surface area contributed by atoms with Gasteiger partial charge in [-0.1, -0.05) is 13.8 Å². The lowest BCUT2D eigenvalue weighted by Gasteiger charge is -2.39. The smallest absolute Gasteiger partial charge is 0.257 e. The maximum atomic E-state index is 12.8. The lowest BCUT2D eigenvalue weighted by Crippen LogP contribution is -2.53. The summed E-state index contributed by atoms with van der Waals surface area (Å²) in [4.78, 5) is 21.4. The topological polar surface area (TPSA) is 48.5 Å². The van der Waals surface area contributed by atoms with Crippen LogP contribution in [0.3, 0.4) is 0 Å². The normalized spacial score (nSPS) is 19.6. The molecule has 1 fully saturated rings. The van der Waals surface area contributed by atoms with Crippen LogP contribution in [0.2, 0.25) is 0 Å². The number of carbonyl (C=O) groups is 1. The van der Waals surface area contributed by atoms with Gasteiger partial charge >= 0.3 is 0 Å². The first-order valence-corrected chi connectivity index (χ1v) is 7.85. The number of piperazine rings is 1. The Morgan fingerprint density at radius 1 is 1.43 bits per heavy atom. The second-order valence-electron chi connectivity index (χ2n) is 5.62. The Hall–Kier alpha value is -1.62. The van der Waals surface area contributed by atoms with Crippen LogP contribution in [-0.2, 0) is 0 Å². The minimum absolute atomic E-state index is 0.0910. The van der Waals surface area contributed by atoms with Crippen molar-refractivity contribution in [2.24, 2.45) is 0 Å². The number of nitrogens with zero attached hydrogens (tertiary/aromatic N) is 3. The average Bonchev–Trinajstić information content (AvgIpc) is 2.53. The van der Waals surface area contributed by atoms with Crippen LogP contribution in [0, 0.1) is 0 Å². The summed E-state index contributed by atoms with van der Waals surface area (Å²) in [5, 5.41) is 3.25. The molecule has 5 heteroatoms. The summed E-state index contributed by atoms with van der Waals surface area (Å²) < 4.78 is 0. The molecule has 0 bridgehead atoms. The quantitative estimate of drug-likeness (QED) is 0.902. The van der Waals surface area contributed by atoms with Gasteiger partial charge in [0.1, 0.15) is 5.82 Å². The number of nitrogens with one attached hydrogen (secondary N) is 1. The average molecular weight is 290 g/mol. The van der Waals surface area contributed by atoms with E-state index in [0.29, 0.717) is 17.4 Å². The van der Waals surface area contributed by atoms with Gasteiger partial charge in [0, 0.05) is 38.4 Å². The first-order chi connectivity index (χ1) is 10.2. The highest BCUT2D eigenvalue weighted by molar-refractivity contribution is 5.98. The van der Waals surface area contributed by atoms with E-state index < -0.39 is 0 Å². The first kappa shape index (κ1) is 15.8. The Morgan fingerprint density at radius 2 is 2.24 bits per heavy atom. The first-order valence-electron chi connectivity index (χ1n) is 7.85. The third-order valence-corrected chi connectivity index (χ3v) is 4.12. The van der Waals surface area contributed by atoms with Crippen LogP contribution < -0.4 is 5.32 Å². The van der Waals surface area contributed by atoms with Gasteiger partial charge in [-0.05, 0) is 32.0 Å². The Labute approximate surface area is 127 Å². The molecule has 1 saturated heterocycles. The van der Waals surface area contributed by atoms with Crippen LogP contribution in [0.25, 0.3) is 0 Å². The Balaban J connectivity index is 2.12. The van der Waals surface area contributed by atoms with E-state index >= 15 is 0 Å². The summed E-state index contributed by atoms with van der Waals surface area (Å²) in [6, 6.07) is 4.15. The van der Waals surface area contributed by atoms with Crippen molar-refractivity contribution < 1.29 is 4.79 Å². The highest BCUT2D eigenvalue weighted by Gasteiger charge is 2.27. The Morgan fingerprint density at radius 3 is 2.95 bits per heavy atom. The SMILES string of the molecule is CCCNc1ncccc1C(=O)N1CCN(C)C(CC)C1. The van der Waals surface area contributed by atoms with E-state index in [9.17, 15) is 4.79 Å². The molecule has 116 valence electrons. The highest BCUT2D eigenvalue weighted by Crippen LogP contribution is 2.18. The fourth-order valence-electron chi connectivity index (χ4n) is 2.70. The zero-order valence-electron chi connectivity index (χ0n) is 13.3. The standard InChI is InChI=1S/C16H26N4O/c1-4-8-17-15-14(7-6-9-18-15)16(21)20-11-10-19(3)13(5-2)12-20/h6-7,9,13H,4-5,8,10-12H2,1-3H3,(H,17,18). The van der Waals surface area contributed by atoms with Crippen molar-refractivity contribution >= 4 is 11.7 Å². The van der Waals surface area contributed by atoms with E-state index in [1.807, 2.05) is 17.0 Å². The van der Waals surface area contributed by atoms with Crippen LogP contribution in [0.5, 0.6) is 0 Å². The van der Waals surface area contributed by atoms with E-state index in [2.05, 4.69) is 36.1 Å². The van der Waals surface area contributed by atoms with Crippen molar-refractivity contribution in [1.29, 1.82) is 0 Å². The summed E-state index contributed by atoms with van der Waals surface area (Å²) in [5.74, 6) is 0.796. The molecule has 0 saturated carbocycles. The molecular formula is C16H26N4O. The molecule has 5 nitrogen and oxygen atoms in total. The molecule has 1 aliphatic rings. The van der Waals surface area contributed by atoms with Gasteiger partial charge in [-0.3, -0.25) is 9.69 Å². The van der Waals surface area contributed by atoms with Crippen LogP contribution in [-0.4, -0.2) is 60.0 Å². The van der Waals surface area contributed by atoms with Crippen molar-refractivity contribution in [3.63, 3.8) is 0 Å². The molecule has 1 aliphatic heterocycles. The fraction of sp³-hybridized carbons (Fsp3) is 0.625. The molecule has 0 aromatic carbocycles. The lowest BCUT2D eigenvalue weighted by atomic mass is 10.1. The summed E-state index contributed by atoms with van der Waals surface area (Å²) in [5.41, 5.74) is 0.686. The Kier molecular flexibility index (Phi) is 5.56. The molecule has 1 atom stereocenters. The van der Waals surface area contributed by atoms with E-state index in [-0.39, 0.29) is 5.91 Å². The number of aromatic nitrogens is 1. The molecule has 0 aliphatic carbocycles. The van der Waals surface area contributed by atoms with E-state index in [1.54, 1.807) is 6.20 Å². The van der Waals surface area contributed by atoms with Gasteiger partial charge in [0.25, 0.3) is 5.91 Å². The van der Waals surface area contributed by atoms with Crippen molar-refractivity contribution in [1.82, 2.24) is 14.8 Å². The van der Waals surface area contributed by atoms with Gasteiger partial charge in [-0.25, -0.2) is 4.98 Å². The second-order valence-corrected chi connectivity index (χ2v) is 5.62. The Bertz CT molecular complexity index is 477. The largest absolute Gasteiger partial charge is 0.369 e. The summed E-state index contributed by atoms with van der Waals surface area (Å²) in [6.07, 6.45) is 3.80. The van der Waals surface area contributed by atoms with Gasteiger partial charge in [0.15, 0.2) is 0 Å². The molecule has 0 radical (unpaired) electrons. The van der Waals surface area contributed by atoms with Crippen LogP contribution in [0.1, 0.15) is 37.0 Å². The van der Waals surface area contributed by atoms with E-state index in [1.165, 1.54) is 0 Å². The van der Waals surface area contributed by atoms with Crippen molar-refractivity contribution in [3.05, 3.63) is 23.9 Å². The molecule has 1 aromatic rings. The number of hydrogen-bond acceptors (Lipinski definition) is 4. The van der Waals surface area contributed by atoms with Gasteiger partial charge in [0.05, 0.1) is 5.56 Å². The minimum Gasteiger partial charge on any atom is -0.369 e. The molecule has 21 heavy (non-hydrogen) atoms. The zero-order valence-corrected chi connectivity index (χ0v) is 13.3. The maximum absolute atomic E-state index is 12.8. The predicted molar refractivity (Wildman–Crippen MR) is 85.6 cm³/mol. The zero-order chi connectivity index (χ0) is 15.2. The molecule has 1 amide bonds. The van der Waals surface area contributed by atoms with Crippen molar-refractivity contribution in [3.8, 4) is 0 Å². The fourth-order valence-corrected chi connectivity index (χ4v) is 2.70. The number of amides is 1. The summed E-state index contributed by atoms with van der Waals surface area (Å²) >= 11 is 0. The van der Waals surface area contributed by atoms with Gasteiger partial charge in [0.2, 0.25) is 0 Å². The number of pyridine rings is 1. The number of anilines is 1. The van der Waals surface area contributed by atoms with Crippen molar-refractivity contribution in [2.75, 3.05) is 38.5 Å². The monoisotopic (exact) mass is 290 g/mol. The third-order valence-electron chi connectivity index (χ3n) is 4.12. The molecule has 1 unspecified atom stereocenters. The van der Waals surface area contributed by atoms with Gasteiger partial charge < -0.3 is 10.2 Å². The van der Waals surface area contributed by atoms with Crippen LogP contribution >= 0.6 is 0 Å². The molecule has 1 N–H and O–H groups in total. The number of hydrogen-bond donors (Lipinski definition) is 1. The molecule has 0 spiro atoms. The van der Waals surface area contributed by atoms with Crippen LogP contribution in [0.15, 0.2) is 18.3 Å². The summed E-state index contributed by atoms with van der Waals surface area (Å²) in [6.45, 7) is 7.62. The molecular weight excluding hydrogens is 264 g/mol. The highest BCUT2D eigenvalue weighted by atomic mass is 16.2. The second kappa shape index (κ2) is 7.41. The van der Waals surface area contributed by atoms with E-state index in [4.69, 9.17) is 0 Å². The lowest BCUT2D eigenvalue weighted by molar-refractivity contribution is 0.0542. The minimum atomic E-state index is 0.0910. The predicted octanol–water partition coefficient (Wildman–Crippen LogP) is 2.07. The number of rotatable bonds is 5. The maximum Gasteiger partial charge on any atom is 0.257 e. The van der Waals surface area contributed by atoms with E-state index in [0.717, 1.165) is 39.0 Å². The molecule has 1 aromatic heterocycles. The number of carbonyl (C=O) groups excluding carboxylic acids is 1. The molecule has 2 rings (SSSR count). The van der Waals surface area contributed by atoms with Crippen molar-refractivity contribution in [2.45, 2.75) is 32.7 Å². The molecule has 2 heterocycles.